The lowest BCUT2D eigenvalue weighted by molar-refractivity contribution is -0.138. The molecule has 0 saturated heterocycles. The predicted octanol–water partition coefficient (Wildman–Crippen LogP) is 4.47. The topological polar surface area (TPSA) is 29.1 Å². The van der Waals surface area contributed by atoms with E-state index in [-0.39, 0.29) is 11.5 Å². The molecule has 24 heavy (non-hydrogen) atoms. The van der Waals surface area contributed by atoms with Gasteiger partial charge >= 0.3 is 6.18 Å². The van der Waals surface area contributed by atoms with E-state index >= 15 is 0 Å². The van der Waals surface area contributed by atoms with E-state index < -0.39 is 17.7 Å². The van der Waals surface area contributed by atoms with Gasteiger partial charge in [-0.25, -0.2) is 0 Å². The lowest BCUT2D eigenvalue weighted by Gasteiger charge is -2.23. The standard InChI is InChI=1S/C19H14F3NO/c20-19(21,22)15-8-4-3-7-13(15)17-11-5-1-2-6-12(11)18-14(17)9-10-16(24)23-18/h1-8,17H,9-10H2,(H,23,24). The van der Waals surface area contributed by atoms with Gasteiger partial charge in [0.1, 0.15) is 0 Å². The Labute approximate surface area is 137 Å². The Bertz CT molecular complexity index is 867. The Morgan fingerprint density at radius 2 is 1.58 bits per heavy atom. The third-order valence-electron chi connectivity index (χ3n) is 4.67. The summed E-state index contributed by atoms with van der Waals surface area (Å²) >= 11 is 0. The van der Waals surface area contributed by atoms with Crippen molar-refractivity contribution in [1.82, 2.24) is 5.32 Å². The molecule has 1 N–H and O–H groups in total. The van der Waals surface area contributed by atoms with Crippen molar-refractivity contribution in [3.05, 3.63) is 76.4 Å². The van der Waals surface area contributed by atoms with E-state index in [9.17, 15) is 18.0 Å². The Morgan fingerprint density at radius 1 is 0.917 bits per heavy atom. The van der Waals surface area contributed by atoms with Gasteiger partial charge in [-0.3, -0.25) is 4.79 Å². The molecule has 0 aromatic heterocycles. The molecule has 2 aliphatic rings. The Morgan fingerprint density at radius 3 is 2.33 bits per heavy atom. The minimum atomic E-state index is -4.41. The third kappa shape index (κ3) is 2.23. The van der Waals surface area contributed by atoms with Crippen LogP contribution >= 0.6 is 0 Å². The van der Waals surface area contributed by atoms with Crippen LogP contribution in [0, 0.1) is 0 Å². The zero-order chi connectivity index (χ0) is 16.9. The van der Waals surface area contributed by atoms with Crippen LogP contribution in [0.4, 0.5) is 13.2 Å². The molecule has 2 nitrogen and oxygen atoms in total. The van der Waals surface area contributed by atoms with Crippen molar-refractivity contribution >= 4 is 11.6 Å². The molecule has 0 fully saturated rings. The van der Waals surface area contributed by atoms with Crippen LogP contribution in [0.25, 0.3) is 5.70 Å². The summed E-state index contributed by atoms with van der Waals surface area (Å²) < 4.78 is 40.4. The van der Waals surface area contributed by atoms with Crippen molar-refractivity contribution in [1.29, 1.82) is 0 Å². The average Bonchev–Trinajstić information content (AvgIpc) is 2.88. The Hall–Kier alpha value is -2.56. The van der Waals surface area contributed by atoms with Gasteiger partial charge in [0.05, 0.1) is 5.56 Å². The normalized spacial score (nSPS) is 19.8. The molecule has 1 aliphatic heterocycles. The second kappa shape index (κ2) is 5.23. The van der Waals surface area contributed by atoms with Gasteiger partial charge in [-0.15, -0.1) is 0 Å². The second-order valence-corrected chi connectivity index (χ2v) is 6.05. The third-order valence-corrected chi connectivity index (χ3v) is 4.67. The zero-order valence-electron chi connectivity index (χ0n) is 12.7. The maximum atomic E-state index is 13.5. The first kappa shape index (κ1) is 15.0. The molecule has 0 spiro atoms. The minimum absolute atomic E-state index is 0.0895. The summed E-state index contributed by atoms with van der Waals surface area (Å²) in [4.78, 5) is 11.8. The molecule has 4 rings (SSSR count). The number of nitrogens with one attached hydrogen (secondary N) is 1. The van der Waals surface area contributed by atoms with Gasteiger partial charge in [-0.1, -0.05) is 42.5 Å². The maximum Gasteiger partial charge on any atom is 0.416 e. The van der Waals surface area contributed by atoms with Gasteiger partial charge in [0.25, 0.3) is 0 Å². The fourth-order valence-corrected chi connectivity index (χ4v) is 3.71. The zero-order valence-corrected chi connectivity index (χ0v) is 12.7. The van der Waals surface area contributed by atoms with Crippen LogP contribution in [-0.4, -0.2) is 5.91 Å². The van der Waals surface area contributed by atoms with Gasteiger partial charge in [-0.2, -0.15) is 13.2 Å². The van der Waals surface area contributed by atoms with Crippen molar-refractivity contribution < 1.29 is 18.0 Å². The van der Waals surface area contributed by atoms with Crippen molar-refractivity contribution in [2.24, 2.45) is 0 Å². The number of hydrogen-bond acceptors (Lipinski definition) is 1. The molecule has 0 saturated carbocycles. The number of hydrogen-bond donors (Lipinski definition) is 1. The van der Waals surface area contributed by atoms with Gasteiger partial charge in [-0.05, 0) is 29.2 Å². The highest BCUT2D eigenvalue weighted by molar-refractivity contribution is 5.94. The lowest BCUT2D eigenvalue weighted by atomic mass is 9.83. The summed E-state index contributed by atoms with van der Waals surface area (Å²) in [5.41, 5.74) is 2.83. The molecular weight excluding hydrogens is 315 g/mol. The monoisotopic (exact) mass is 329 g/mol. The highest BCUT2D eigenvalue weighted by Crippen LogP contribution is 2.50. The number of alkyl halides is 3. The second-order valence-electron chi connectivity index (χ2n) is 6.05. The molecule has 1 amide bonds. The van der Waals surface area contributed by atoms with Gasteiger partial charge in [0.2, 0.25) is 5.91 Å². The van der Waals surface area contributed by atoms with Crippen LogP contribution in [0.1, 0.15) is 41.0 Å². The highest BCUT2D eigenvalue weighted by Gasteiger charge is 2.40. The molecule has 122 valence electrons. The number of carbonyl (C=O) groups excluding carboxylic acids is 1. The molecule has 1 heterocycles. The Kier molecular flexibility index (Phi) is 3.27. The van der Waals surface area contributed by atoms with Crippen molar-refractivity contribution in [3.63, 3.8) is 0 Å². The summed E-state index contributed by atoms with van der Waals surface area (Å²) in [6.45, 7) is 0. The molecule has 1 atom stereocenters. The van der Waals surface area contributed by atoms with Crippen LogP contribution in [0.15, 0.2) is 54.1 Å². The summed E-state index contributed by atoms with van der Waals surface area (Å²) in [6, 6.07) is 13.1. The van der Waals surface area contributed by atoms with E-state index in [4.69, 9.17) is 0 Å². The number of amides is 1. The van der Waals surface area contributed by atoms with Gasteiger partial charge in [0.15, 0.2) is 0 Å². The first-order valence-electron chi connectivity index (χ1n) is 7.75. The average molecular weight is 329 g/mol. The molecule has 1 unspecified atom stereocenters. The number of fused-ring (bicyclic) bond motifs is 2. The Balaban J connectivity index is 1.95. The fourth-order valence-electron chi connectivity index (χ4n) is 3.71. The first-order chi connectivity index (χ1) is 11.5. The van der Waals surface area contributed by atoms with E-state index in [1.165, 1.54) is 12.1 Å². The number of carbonyl (C=O) groups is 1. The largest absolute Gasteiger partial charge is 0.416 e. The molecule has 0 bridgehead atoms. The van der Waals surface area contributed by atoms with Gasteiger partial charge in [0, 0.05) is 23.6 Å². The van der Waals surface area contributed by atoms with E-state index in [0.717, 1.165) is 22.8 Å². The minimum Gasteiger partial charge on any atom is -0.326 e. The number of benzene rings is 2. The van der Waals surface area contributed by atoms with E-state index in [2.05, 4.69) is 5.32 Å². The molecular formula is C19H14F3NO. The smallest absolute Gasteiger partial charge is 0.326 e. The lowest BCUT2D eigenvalue weighted by Crippen LogP contribution is -2.26. The van der Waals surface area contributed by atoms with E-state index in [1.807, 2.05) is 24.3 Å². The summed E-state index contributed by atoms with van der Waals surface area (Å²) in [5, 5.41) is 2.85. The highest BCUT2D eigenvalue weighted by atomic mass is 19.4. The van der Waals surface area contributed by atoms with Gasteiger partial charge < -0.3 is 5.32 Å². The predicted molar refractivity (Wildman–Crippen MR) is 84.0 cm³/mol. The fraction of sp³-hybridized carbons (Fsp3) is 0.211. The van der Waals surface area contributed by atoms with Crippen LogP contribution in [0.5, 0.6) is 0 Å². The van der Waals surface area contributed by atoms with Crippen molar-refractivity contribution in [2.45, 2.75) is 24.9 Å². The van der Waals surface area contributed by atoms with E-state index in [1.54, 1.807) is 6.07 Å². The molecule has 2 aromatic carbocycles. The molecule has 0 radical (unpaired) electrons. The van der Waals surface area contributed by atoms with Crippen LogP contribution in [0.2, 0.25) is 0 Å². The summed E-state index contributed by atoms with van der Waals surface area (Å²) in [6.07, 6.45) is -3.63. The molecule has 1 aliphatic carbocycles. The summed E-state index contributed by atoms with van der Waals surface area (Å²) in [7, 11) is 0. The summed E-state index contributed by atoms with van der Waals surface area (Å²) in [5.74, 6) is -0.553. The van der Waals surface area contributed by atoms with Crippen molar-refractivity contribution in [2.75, 3.05) is 0 Å². The van der Waals surface area contributed by atoms with Crippen LogP contribution in [0.3, 0.4) is 0 Å². The SMILES string of the molecule is O=C1CCC2=C(N1)c1ccccc1C2c1ccccc1C(F)(F)F. The molecule has 2 aromatic rings. The first-order valence-corrected chi connectivity index (χ1v) is 7.75. The molecule has 5 heteroatoms. The number of allylic oxidation sites excluding steroid dienone is 1. The quantitative estimate of drug-likeness (QED) is 0.821. The van der Waals surface area contributed by atoms with Crippen LogP contribution < -0.4 is 5.32 Å². The van der Waals surface area contributed by atoms with Crippen LogP contribution in [-0.2, 0) is 11.0 Å². The van der Waals surface area contributed by atoms with Crippen molar-refractivity contribution in [3.8, 4) is 0 Å². The number of halogens is 3. The maximum absolute atomic E-state index is 13.5. The van der Waals surface area contributed by atoms with E-state index in [0.29, 0.717) is 18.5 Å². The number of rotatable bonds is 1.